The van der Waals surface area contributed by atoms with Crippen LogP contribution in [0.25, 0.3) is 22.9 Å². The van der Waals surface area contributed by atoms with Gasteiger partial charge in [-0.05, 0) is 44.2 Å². The third-order valence-electron chi connectivity index (χ3n) is 4.75. The van der Waals surface area contributed by atoms with Crippen molar-refractivity contribution in [3.63, 3.8) is 0 Å². The lowest BCUT2D eigenvalue weighted by Gasteiger charge is -2.02. The molecule has 9 heteroatoms. The summed E-state index contributed by atoms with van der Waals surface area (Å²) >= 11 is 0. The van der Waals surface area contributed by atoms with Crippen molar-refractivity contribution in [1.82, 2.24) is 39.4 Å². The summed E-state index contributed by atoms with van der Waals surface area (Å²) in [6.07, 6.45) is 8.75. The summed E-state index contributed by atoms with van der Waals surface area (Å²) in [5.74, 6) is 0.516. The van der Waals surface area contributed by atoms with Crippen molar-refractivity contribution in [3.05, 3.63) is 90.4 Å². The molecule has 0 aliphatic carbocycles. The topological polar surface area (TPSA) is 91.6 Å². The fraction of sp³-hybridized carbons (Fsp3) is 0.0909. The molecule has 5 rings (SSSR count). The third kappa shape index (κ3) is 3.64. The second-order valence-corrected chi connectivity index (χ2v) is 7.01. The molecule has 0 unspecified atom stereocenters. The first kappa shape index (κ1) is 18.6. The molecule has 0 bridgehead atoms. The number of para-hydroxylation sites is 1. The van der Waals surface area contributed by atoms with Gasteiger partial charge in [0, 0.05) is 35.4 Å². The highest BCUT2D eigenvalue weighted by molar-refractivity contribution is 5.88. The average Bonchev–Trinajstić information content (AvgIpc) is 3.51. The lowest BCUT2D eigenvalue weighted by molar-refractivity contribution is 0.717. The molecular weight excluding hydrogens is 390 g/mol. The zero-order chi connectivity index (χ0) is 21.2. The number of nitrogens with zero attached hydrogens (tertiary/aromatic N) is 9. The average molecular weight is 409 g/mol. The number of pyridine rings is 1. The molecule has 1 aromatic carbocycles. The van der Waals surface area contributed by atoms with E-state index in [0.717, 1.165) is 33.9 Å². The Morgan fingerprint density at radius 1 is 0.968 bits per heavy atom. The maximum absolute atomic E-state index is 4.79. The SMILES string of the molecule is Cc1cc(C)n(-c2nncn2/N=C\c2cn(-c3ccccc3)nc2-c2ccncc2)n1. The summed E-state index contributed by atoms with van der Waals surface area (Å²) in [6.45, 7) is 3.90. The van der Waals surface area contributed by atoms with E-state index in [2.05, 4.69) is 25.4 Å². The molecular formula is C22H19N9. The van der Waals surface area contributed by atoms with E-state index in [1.165, 1.54) is 0 Å². The fourth-order valence-corrected chi connectivity index (χ4v) is 3.33. The highest BCUT2D eigenvalue weighted by Crippen LogP contribution is 2.22. The van der Waals surface area contributed by atoms with Gasteiger partial charge in [-0.2, -0.15) is 20.0 Å². The molecule has 0 spiro atoms. The number of aromatic nitrogens is 8. The van der Waals surface area contributed by atoms with E-state index >= 15 is 0 Å². The van der Waals surface area contributed by atoms with E-state index in [1.807, 2.05) is 73.3 Å². The Bertz CT molecular complexity index is 1340. The molecule has 4 aromatic heterocycles. The Hall–Kier alpha value is -4.40. The van der Waals surface area contributed by atoms with E-state index in [-0.39, 0.29) is 0 Å². The van der Waals surface area contributed by atoms with Crippen LogP contribution in [0.1, 0.15) is 17.0 Å². The van der Waals surface area contributed by atoms with Gasteiger partial charge in [0.2, 0.25) is 0 Å². The molecule has 0 radical (unpaired) electrons. The number of hydrogen-bond acceptors (Lipinski definition) is 6. The monoisotopic (exact) mass is 409 g/mol. The van der Waals surface area contributed by atoms with Crippen molar-refractivity contribution in [2.45, 2.75) is 13.8 Å². The van der Waals surface area contributed by atoms with Gasteiger partial charge in [-0.3, -0.25) is 4.98 Å². The Labute approximate surface area is 178 Å². The molecule has 5 aromatic rings. The maximum Gasteiger partial charge on any atom is 0.273 e. The molecule has 9 nitrogen and oxygen atoms in total. The maximum atomic E-state index is 4.79. The van der Waals surface area contributed by atoms with Gasteiger partial charge < -0.3 is 0 Å². The van der Waals surface area contributed by atoms with Gasteiger partial charge in [0.1, 0.15) is 12.0 Å². The zero-order valence-corrected chi connectivity index (χ0v) is 17.0. The summed E-state index contributed by atoms with van der Waals surface area (Å²) in [7, 11) is 0. The molecule has 0 atom stereocenters. The van der Waals surface area contributed by atoms with Crippen LogP contribution < -0.4 is 0 Å². The molecule has 0 aliphatic heterocycles. The van der Waals surface area contributed by atoms with Crippen LogP contribution in [0, 0.1) is 13.8 Å². The first-order valence-electron chi connectivity index (χ1n) is 9.72. The third-order valence-corrected chi connectivity index (χ3v) is 4.75. The summed E-state index contributed by atoms with van der Waals surface area (Å²) in [4.78, 5) is 4.11. The normalized spacial score (nSPS) is 11.4. The Morgan fingerprint density at radius 2 is 1.77 bits per heavy atom. The minimum Gasteiger partial charge on any atom is -0.265 e. The predicted octanol–water partition coefficient (Wildman–Crippen LogP) is 3.21. The number of aryl methyl sites for hydroxylation is 2. The van der Waals surface area contributed by atoms with Crippen molar-refractivity contribution in [3.8, 4) is 22.9 Å². The van der Waals surface area contributed by atoms with Crippen LogP contribution >= 0.6 is 0 Å². The molecule has 0 fully saturated rings. The summed E-state index contributed by atoms with van der Waals surface area (Å²) < 4.78 is 5.15. The minimum absolute atomic E-state index is 0.516. The van der Waals surface area contributed by atoms with Gasteiger partial charge in [-0.15, -0.1) is 10.2 Å². The van der Waals surface area contributed by atoms with E-state index in [4.69, 9.17) is 5.10 Å². The van der Waals surface area contributed by atoms with E-state index in [9.17, 15) is 0 Å². The van der Waals surface area contributed by atoms with Crippen molar-refractivity contribution in [1.29, 1.82) is 0 Å². The van der Waals surface area contributed by atoms with Gasteiger partial charge >= 0.3 is 0 Å². The van der Waals surface area contributed by atoms with Gasteiger partial charge in [-0.25, -0.2) is 9.36 Å². The lowest BCUT2D eigenvalue weighted by Crippen LogP contribution is -2.06. The first-order valence-corrected chi connectivity index (χ1v) is 9.72. The molecule has 0 amide bonds. The summed E-state index contributed by atoms with van der Waals surface area (Å²) in [6, 6.07) is 15.8. The smallest absolute Gasteiger partial charge is 0.265 e. The van der Waals surface area contributed by atoms with Crippen LogP contribution in [0.15, 0.2) is 78.6 Å². The highest BCUT2D eigenvalue weighted by Gasteiger charge is 2.13. The summed E-state index contributed by atoms with van der Waals surface area (Å²) in [5.41, 5.74) is 5.43. The Balaban J connectivity index is 1.57. The predicted molar refractivity (Wildman–Crippen MR) is 116 cm³/mol. The molecule has 0 aliphatic rings. The largest absolute Gasteiger partial charge is 0.273 e. The highest BCUT2D eigenvalue weighted by atomic mass is 15.5. The van der Waals surface area contributed by atoms with Gasteiger partial charge in [0.25, 0.3) is 5.95 Å². The van der Waals surface area contributed by atoms with Crippen molar-refractivity contribution < 1.29 is 0 Å². The Morgan fingerprint density at radius 3 is 2.52 bits per heavy atom. The lowest BCUT2D eigenvalue weighted by atomic mass is 10.1. The van der Waals surface area contributed by atoms with Gasteiger partial charge in [-0.1, -0.05) is 18.2 Å². The second kappa shape index (κ2) is 7.79. The zero-order valence-electron chi connectivity index (χ0n) is 17.0. The molecule has 31 heavy (non-hydrogen) atoms. The molecule has 0 N–H and O–H groups in total. The first-order chi connectivity index (χ1) is 15.2. The number of hydrogen-bond donors (Lipinski definition) is 0. The molecule has 4 heterocycles. The van der Waals surface area contributed by atoms with Crippen LogP contribution in [-0.4, -0.2) is 45.6 Å². The number of rotatable bonds is 5. The molecule has 0 saturated heterocycles. The van der Waals surface area contributed by atoms with Crippen molar-refractivity contribution in [2.24, 2.45) is 5.10 Å². The summed E-state index contributed by atoms with van der Waals surface area (Å²) in [5, 5.41) is 22.0. The quantitative estimate of drug-likeness (QED) is 0.416. The fourth-order valence-electron chi connectivity index (χ4n) is 3.33. The van der Waals surface area contributed by atoms with E-state index in [0.29, 0.717) is 5.95 Å². The van der Waals surface area contributed by atoms with Crippen molar-refractivity contribution in [2.75, 3.05) is 0 Å². The van der Waals surface area contributed by atoms with Crippen LogP contribution in [0.5, 0.6) is 0 Å². The molecule has 152 valence electrons. The van der Waals surface area contributed by atoms with Crippen LogP contribution in [0.4, 0.5) is 0 Å². The van der Waals surface area contributed by atoms with Crippen LogP contribution in [0.2, 0.25) is 0 Å². The van der Waals surface area contributed by atoms with E-state index < -0.39 is 0 Å². The number of benzene rings is 1. The van der Waals surface area contributed by atoms with E-state index in [1.54, 1.807) is 34.3 Å². The van der Waals surface area contributed by atoms with Crippen LogP contribution in [0.3, 0.4) is 0 Å². The minimum atomic E-state index is 0.516. The van der Waals surface area contributed by atoms with Gasteiger partial charge in [0.15, 0.2) is 0 Å². The van der Waals surface area contributed by atoms with Crippen LogP contribution in [-0.2, 0) is 0 Å². The van der Waals surface area contributed by atoms with Gasteiger partial charge in [0.05, 0.1) is 17.6 Å². The standard InChI is InChI=1S/C22H19N9/c1-16-12-17(2)31(27-16)22-26-24-15-30(22)25-13-19-14-29(20-6-4-3-5-7-20)28-21(19)18-8-10-23-11-9-18/h3-15H,1-2H3/b25-13-. The molecule has 0 saturated carbocycles. The Kier molecular flexibility index (Phi) is 4.68. The second-order valence-electron chi connectivity index (χ2n) is 7.01. The van der Waals surface area contributed by atoms with Crippen molar-refractivity contribution >= 4 is 6.21 Å².